The highest BCUT2D eigenvalue weighted by Crippen LogP contribution is 2.21. The summed E-state index contributed by atoms with van der Waals surface area (Å²) < 4.78 is 23.4. The molecule has 1 aromatic rings. The first kappa shape index (κ1) is 14.5. The van der Waals surface area contributed by atoms with Crippen molar-refractivity contribution in [2.45, 2.75) is 32.4 Å². The van der Waals surface area contributed by atoms with Crippen molar-refractivity contribution in [2.75, 3.05) is 5.75 Å². The third-order valence-electron chi connectivity index (χ3n) is 2.16. The average molecular weight is 292 g/mol. The van der Waals surface area contributed by atoms with Gasteiger partial charge in [-0.2, -0.15) is 0 Å². The lowest BCUT2D eigenvalue weighted by Gasteiger charge is -1.98. The molecule has 0 fully saturated rings. The number of aryl methyl sites for hydroxylation is 1. The van der Waals surface area contributed by atoms with E-state index >= 15 is 0 Å². The van der Waals surface area contributed by atoms with Crippen LogP contribution in [0, 0.1) is 0 Å². The Labute approximate surface area is 111 Å². The minimum Gasteiger partial charge on any atom is -0.389 e. The van der Waals surface area contributed by atoms with Crippen LogP contribution >= 0.6 is 23.6 Å². The number of hydrogen-bond donors (Lipinski definition) is 1. The highest BCUT2D eigenvalue weighted by molar-refractivity contribution is 7.90. The van der Waals surface area contributed by atoms with Crippen LogP contribution in [0.2, 0.25) is 0 Å². The third-order valence-corrected chi connectivity index (χ3v) is 5.55. The molecule has 96 valence electrons. The zero-order valence-corrected chi connectivity index (χ0v) is 12.3. The van der Waals surface area contributed by atoms with Gasteiger partial charge >= 0.3 is 0 Å². The van der Waals surface area contributed by atoms with Crippen molar-refractivity contribution in [3.8, 4) is 0 Å². The van der Waals surface area contributed by atoms with Crippen molar-refractivity contribution < 1.29 is 8.42 Å². The standard InChI is InChI=1S/C10H16N2O2S3/c1-3-5-17(13,14)6-8-12-7(4-2)9(16-8)10(11)15/h3-6H2,1-2H3,(H2,11,15). The van der Waals surface area contributed by atoms with Gasteiger partial charge in [-0.1, -0.05) is 26.1 Å². The first-order valence-electron chi connectivity index (χ1n) is 5.38. The molecule has 0 aliphatic rings. The fourth-order valence-corrected chi connectivity index (χ4v) is 4.49. The fourth-order valence-electron chi connectivity index (χ4n) is 1.47. The second kappa shape index (κ2) is 5.88. The number of rotatable bonds is 6. The van der Waals surface area contributed by atoms with Crippen molar-refractivity contribution in [3.05, 3.63) is 15.6 Å². The van der Waals surface area contributed by atoms with Crippen LogP contribution in [0.15, 0.2) is 0 Å². The predicted octanol–water partition coefficient (Wildman–Crippen LogP) is 1.66. The van der Waals surface area contributed by atoms with E-state index in [1.165, 1.54) is 11.3 Å². The van der Waals surface area contributed by atoms with Gasteiger partial charge in [0.2, 0.25) is 0 Å². The predicted molar refractivity (Wildman–Crippen MR) is 75.2 cm³/mol. The Morgan fingerprint density at radius 3 is 2.53 bits per heavy atom. The van der Waals surface area contributed by atoms with Crippen molar-refractivity contribution in [1.29, 1.82) is 0 Å². The molecule has 0 aliphatic heterocycles. The van der Waals surface area contributed by atoms with Gasteiger partial charge in [-0.15, -0.1) is 11.3 Å². The molecule has 0 atom stereocenters. The lowest BCUT2D eigenvalue weighted by molar-refractivity contribution is 0.593. The van der Waals surface area contributed by atoms with Crippen LogP contribution in [0.1, 0.15) is 35.8 Å². The molecule has 7 heteroatoms. The van der Waals surface area contributed by atoms with Crippen molar-refractivity contribution in [2.24, 2.45) is 5.73 Å². The van der Waals surface area contributed by atoms with Crippen LogP contribution in [0.5, 0.6) is 0 Å². The van der Waals surface area contributed by atoms with Gasteiger partial charge in [-0.25, -0.2) is 13.4 Å². The van der Waals surface area contributed by atoms with Gasteiger partial charge in [-0.05, 0) is 12.8 Å². The molecule has 1 rings (SSSR count). The van der Waals surface area contributed by atoms with E-state index < -0.39 is 9.84 Å². The lowest BCUT2D eigenvalue weighted by atomic mass is 10.3. The maximum Gasteiger partial charge on any atom is 0.156 e. The summed E-state index contributed by atoms with van der Waals surface area (Å²) in [4.78, 5) is 5.32. The van der Waals surface area contributed by atoms with E-state index in [4.69, 9.17) is 18.0 Å². The second-order valence-corrected chi connectivity index (χ2v) is 7.40. The molecular formula is C10H16N2O2S3. The maximum atomic E-state index is 11.7. The molecule has 0 bridgehead atoms. The molecule has 0 aliphatic carbocycles. The molecule has 1 aromatic heterocycles. The minimum atomic E-state index is -3.06. The first-order chi connectivity index (χ1) is 7.89. The van der Waals surface area contributed by atoms with Crippen LogP contribution in [-0.4, -0.2) is 24.1 Å². The Kier molecular flexibility index (Phi) is 5.03. The van der Waals surface area contributed by atoms with Crippen molar-refractivity contribution in [3.63, 3.8) is 0 Å². The summed E-state index contributed by atoms with van der Waals surface area (Å²) in [5.41, 5.74) is 6.37. The molecule has 0 saturated carbocycles. The van der Waals surface area contributed by atoms with Crippen LogP contribution in [0.4, 0.5) is 0 Å². The van der Waals surface area contributed by atoms with Gasteiger partial charge in [0.25, 0.3) is 0 Å². The fraction of sp³-hybridized carbons (Fsp3) is 0.600. The van der Waals surface area contributed by atoms with E-state index in [-0.39, 0.29) is 11.5 Å². The molecular weight excluding hydrogens is 276 g/mol. The number of thiazole rings is 1. The highest BCUT2D eigenvalue weighted by Gasteiger charge is 2.17. The van der Waals surface area contributed by atoms with E-state index in [2.05, 4.69) is 4.98 Å². The molecule has 0 spiro atoms. The van der Waals surface area contributed by atoms with E-state index in [0.29, 0.717) is 22.8 Å². The van der Waals surface area contributed by atoms with Crippen molar-refractivity contribution in [1.82, 2.24) is 4.98 Å². The van der Waals surface area contributed by atoms with Gasteiger partial charge in [0.1, 0.15) is 15.7 Å². The average Bonchev–Trinajstić information content (AvgIpc) is 2.59. The maximum absolute atomic E-state index is 11.7. The monoisotopic (exact) mass is 292 g/mol. The van der Waals surface area contributed by atoms with Crippen LogP contribution < -0.4 is 5.73 Å². The summed E-state index contributed by atoms with van der Waals surface area (Å²) in [7, 11) is -3.06. The smallest absolute Gasteiger partial charge is 0.156 e. The lowest BCUT2D eigenvalue weighted by Crippen LogP contribution is -2.09. The van der Waals surface area contributed by atoms with E-state index in [0.717, 1.165) is 10.6 Å². The Balaban J connectivity index is 2.98. The van der Waals surface area contributed by atoms with Crippen molar-refractivity contribution >= 4 is 38.4 Å². The molecule has 0 amide bonds. The Morgan fingerprint density at radius 1 is 1.47 bits per heavy atom. The number of aromatic nitrogens is 1. The number of hydrogen-bond acceptors (Lipinski definition) is 5. The topological polar surface area (TPSA) is 73.0 Å². The van der Waals surface area contributed by atoms with Gasteiger partial charge in [-0.3, -0.25) is 0 Å². The molecule has 0 saturated heterocycles. The summed E-state index contributed by atoms with van der Waals surface area (Å²) in [5.74, 6) is 0.178. The molecule has 0 radical (unpaired) electrons. The summed E-state index contributed by atoms with van der Waals surface area (Å²) >= 11 is 6.21. The largest absolute Gasteiger partial charge is 0.389 e. The van der Waals surface area contributed by atoms with Gasteiger partial charge in [0, 0.05) is 0 Å². The molecule has 0 unspecified atom stereocenters. The molecule has 17 heavy (non-hydrogen) atoms. The Morgan fingerprint density at radius 2 is 2.12 bits per heavy atom. The zero-order valence-electron chi connectivity index (χ0n) is 9.89. The van der Waals surface area contributed by atoms with Gasteiger partial charge in [0.05, 0.1) is 16.3 Å². The van der Waals surface area contributed by atoms with E-state index in [9.17, 15) is 8.42 Å². The van der Waals surface area contributed by atoms with E-state index in [1.54, 1.807) is 0 Å². The molecule has 0 aromatic carbocycles. The SMILES string of the molecule is CCCS(=O)(=O)Cc1nc(CC)c(C(N)=S)s1. The quantitative estimate of drug-likeness (QED) is 0.807. The summed E-state index contributed by atoms with van der Waals surface area (Å²) in [5, 5.41) is 0.582. The summed E-state index contributed by atoms with van der Waals surface area (Å²) in [6.07, 6.45) is 1.33. The van der Waals surface area contributed by atoms with Gasteiger partial charge < -0.3 is 5.73 Å². The summed E-state index contributed by atoms with van der Waals surface area (Å²) in [6.45, 7) is 3.79. The first-order valence-corrected chi connectivity index (χ1v) is 8.43. The molecule has 1 heterocycles. The van der Waals surface area contributed by atoms with Gasteiger partial charge in [0.15, 0.2) is 9.84 Å². The number of thiocarbonyl (C=S) groups is 1. The van der Waals surface area contributed by atoms with Crippen LogP contribution in [-0.2, 0) is 22.0 Å². The molecule has 2 N–H and O–H groups in total. The Bertz CT molecular complexity index is 506. The number of nitrogens with two attached hydrogens (primary N) is 1. The number of sulfone groups is 1. The van der Waals surface area contributed by atoms with Crippen LogP contribution in [0.3, 0.4) is 0 Å². The number of nitrogens with zero attached hydrogens (tertiary/aromatic N) is 1. The molecule has 4 nitrogen and oxygen atoms in total. The minimum absolute atomic E-state index is 0.0128. The highest BCUT2D eigenvalue weighted by atomic mass is 32.2. The second-order valence-electron chi connectivity index (χ2n) is 3.69. The zero-order chi connectivity index (χ0) is 13.1. The van der Waals surface area contributed by atoms with Crippen LogP contribution in [0.25, 0.3) is 0 Å². The summed E-state index contributed by atoms with van der Waals surface area (Å²) in [6, 6.07) is 0. The Hall–Kier alpha value is -0.530. The van der Waals surface area contributed by atoms with E-state index in [1.807, 2.05) is 13.8 Å². The third kappa shape index (κ3) is 4.01. The normalized spacial score (nSPS) is 11.6.